The molecule has 0 aliphatic heterocycles. The summed E-state index contributed by atoms with van der Waals surface area (Å²) in [7, 11) is 0. The Kier molecular flexibility index (Phi) is 6.05. The van der Waals surface area contributed by atoms with Gasteiger partial charge in [0.1, 0.15) is 6.04 Å². The topological polar surface area (TPSA) is 68.1 Å². The molecule has 1 atom stereocenters. The summed E-state index contributed by atoms with van der Waals surface area (Å²) in [5, 5.41) is 1.11. The van der Waals surface area contributed by atoms with Gasteiger partial charge in [-0.2, -0.15) is 0 Å². The van der Waals surface area contributed by atoms with Crippen molar-refractivity contribution in [1.29, 1.82) is 0 Å². The largest absolute Gasteiger partial charge is 0.464 e. The summed E-state index contributed by atoms with van der Waals surface area (Å²) < 4.78 is 5.15. The van der Waals surface area contributed by atoms with Gasteiger partial charge in [-0.3, -0.25) is 4.79 Å². The zero-order valence-electron chi connectivity index (χ0n) is 11.8. The van der Waals surface area contributed by atoms with E-state index in [-0.39, 0.29) is 18.4 Å². The third-order valence-electron chi connectivity index (χ3n) is 2.98. The van der Waals surface area contributed by atoms with Gasteiger partial charge in [-0.15, -0.1) is 12.4 Å². The lowest BCUT2D eigenvalue weighted by Crippen LogP contribution is -2.35. The lowest BCUT2D eigenvalue weighted by atomic mass is 10.1. The van der Waals surface area contributed by atoms with Gasteiger partial charge in [-0.1, -0.05) is 32.0 Å². The van der Waals surface area contributed by atoms with Crippen molar-refractivity contribution in [2.75, 3.05) is 6.61 Å². The van der Waals surface area contributed by atoms with E-state index in [1.165, 1.54) is 0 Å². The Balaban J connectivity index is 0.00000200. The van der Waals surface area contributed by atoms with Gasteiger partial charge < -0.3 is 15.5 Å². The molecule has 2 aromatic rings. The van der Waals surface area contributed by atoms with Crippen LogP contribution in [0.1, 0.15) is 19.4 Å². The molecule has 5 heteroatoms. The Morgan fingerprint density at radius 2 is 2.05 bits per heavy atom. The number of nitrogens with two attached hydrogens (primary N) is 1. The van der Waals surface area contributed by atoms with Crippen LogP contribution in [0.15, 0.2) is 30.5 Å². The number of nitrogens with one attached hydrogen (secondary N) is 1. The highest BCUT2D eigenvalue weighted by Gasteiger charge is 2.17. The SMILES string of the molecule is CC(C)COC(=O)C(N)Cc1c[nH]c2ccccc12.Cl. The fourth-order valence-corrected chi connectivity index (χ4v) is 1.98. The quantitative estimate of drug-likeness (QED) is 0.834. The first kappa shape index (κ1) is 16.5. The van der Waals surface area contributed by atoms with E-state index in [1.54, 1.807) is 0 Å². The maximum atomic E-state index is 11.8. The fraction of sp³-hybridized carbons (Fsp3) is 0.400. The van der Waals surface area contributed by atoms with Gasteiger partial charge in [0.05, 0.1) is 6.61 Å². The Labute approximate surface area is 125 Å². The Morgan fingerprint density at radius 1 is 1.35 bits per heavy atom. The predicted molar refractivity (Wildman–Crippen MR) is 83.0 cm³/mol. The smallest absolute Gasteiger partial charge is 0.323 e. The molecule has 1 aromatic carbocycles. The number of rotatable bonds is 5. The van der Waals surface area contributed by atoms with Gasteiger partial charge in [0.2, 0.25) is 0 Å². The summed E-state index contributed by atoms with van der Waals surface area (Å²) >= 11 is 0. The van der Waals surface area contributed by atoms with Crippen LogP contribution in [0.25, 0.3) is 10.9 Å². The van der Waals surface area contributed by atoms with Crippen molar-refractivity contribution in [1.82, 2.24) is 4.98 Å². The molecule has 4 nitrogen and oxygen atoms in total. The first-order valence-corrected chi connectivity index (χ1v) is 6.55. The summed E-state index contributed by atoms with van der Waals surface area (Å²) in [5.74, 6) is -0.0109. The number of H-pyrrole nitrogens is 1. The van der Waals surface area contributed by atoms with Crippen LogP contribution in [0.4, 0.5) is 0 Å². The van der Waals surface area contributed by atoms with Crippen LogP contribution in [0, 0.1) is 5.92 Å². The molecule has 0 bridgehead atoms. The highest BCUT2D eigenvalue weighted by molar-refractivity contribution is 5.85. The average Bonchev–Trinajstić information content (AvgIpc) is 2.79. The summed E-state index contributed by atoms with van der Waals surface area (Å²) in [4.78, 5) is 14.9. The third kappa shape index (κ3) is 3.99. The zero-order valence-corrected chi connectivity index (χ0v) is 12.6. The van der Waals surface area contributed by atoms with Crippen molar-refractivity contribution in [3.63, 3.8) is 0 Å². The van der Waals surface area contributed by atoms with E-state index in [0.29, 0.717) is 18.9 Å². The molecule has 3 N–H and O–H groups in total. The molecule has 0 aliphatic rings. The number of aromatic amines is 1. The molecular weight excluding hydrogens is 276 g/mol. The van der Waals surface area contributed by atoms with E-state index >= 15 is 0 Å². The van der Waals surface area contributed by atoms with E-state index in [1.807, 2.05) is 44.3 Å². The number of carbonyl (C=O) groups is 1. The minimum Gasteiger partial charge on any atom is -0.464 e. The normalized spacial score (nSPS) is 12.2. The summed E-state index contributed by atoms with van der Waals surface area (Å²) in [5.41, 5.74) is 8.00. The van der Waals surface area contributed by atoms with Crippen molar-refractivity contribution in [3.05, 3.63) is 36.0 Å². The van der Waals surface area contributed by atoms with Gasteiger partial charge in [0, 0.05) is 23.5 Å². The number of ether oxygens (including phenoxy) is 1. The number of carbonyl (C=O) groups excluding carboxylic acids is 1. The lowest BCUT2D eigenvalue weighted by molar-refractivity contribution is -0.146. The molecule has 20 heavy (non-hydrogen) atoms. The molecule has 0 fully saturated rings. The second-order valence-electron chi connectivity index (χ2n) is 5.19. The summed E-state index contributed by atoms with van der Waals surface area (Å²) in [6.07, 6.45) is 2.39. The van der Waals surface area contributed by atoms with Crippen molar-refractivity contribution in [2.24, 2.45) is 11.7 Å². The van der Waals surface area contributed by atoms with Crippen LogP contribution in [0.2, 0.25) is 0 Å². The number of fused-ring (bicyclic) bond motifs is 1. The monoisotopic (exact) mass is 296 g/mol. The second kappa shape index (κ2) is 7.31. The molecule has 0 radical (unpaired) electrons. The maximum absolute atomic E-state index is 11.8. The summed E-state index contributed by atoms with van der Waals surface area (Å²) in [6, 6.07) is 7.36. The van der Waals surface area contributed by atoms with Crippen LogP contribution in [0.3, 0.4) is 0 Å². The third-order valence-corrected chi connectivity index (χ3v) is 2.98. The van der Waals surface area contributed by atoms with E-state index < -0.39 is 6.04 Å². The second-order valence-corrected chi connectivity index (χ2v) is 5.19. The van der Waals surface area contributed by atoms with E-state index in [0.717, 1.165) is 16.5 Å². The molecule has 2 rings (SSSR count). The van der Waals surface area contributed by atoms with Gasteiger partial charge in [-0.05, 0) is 17.5 Å². The van der Waals surface area contributed by atoms with Crippen molar-refractivity contribution >= 4 is 29.3 Å². The standard InChI is InChI=1S/C15H20N2O2.ClH/c1-10(2)9-19-15(18)13(16)7-11-8-17-14-6-4-3-5-12(11)14;/h3-6,8,10,13,17H,7,9,16H2,1-2H3;1H. The van der Waals surface area contributed by atoms with Crippen molar-refractivity contribution < 1.29 is 9.53 Å². The van der Waals surface area contributed by atoms with Crippen LogP contribution in [-0.2, 0) is 16.0 Å². The Bertz CT molecular complexity index is 566. The molecular formula is C15H21ClN2O2. The molecule has 1 heterocycles. The number of esters is 1. The molecule has 0 spiro atoms. The van der Waals surface area contributed by atoms with Gasteiger partial charge in [0.25, 0.3) is 0 Å². The molecule has 0 amide bonds. The molecule has 1 unspecified atom stereocenters. The highest BCUT2D eigenvalue weighted by Crippen LogP contribution is 2.18. The van der Waals surface area contributed by atoms with Gasteiger partial charge in [0.15, 0.2) is 0 Å². The number of halogens is 1. The Morgan fingerprint density at radius 3 is 2.75 bits per heavy atom. The van der Waals surface area contributed by atoms with Crippen LogP contribution in [0.5, 0.6) is 0 Å². The Hall–Kier alpha value is -1.52. The highest BCUT2D eigenvalue weighted by atomic mass is 35.5. The average molecular weight is 297 g/mol. The van der Waals surface area contributed by atoms with E-state index in [2.05, 4.69) is 4.98 Å². The molecule has 0 saturated heterocycles. The number of aromatic nitrogens is 1. The van der Waals surface area contributed by atoms with E-state index in [4.69, 9.17) is 10.5 Å². The lowest BCUT2D eigenvalue weighted by Gasteiger charge is -2.12. The predicted octanol–water partition coefficient (Wildman–Crippen LogP) is 2.66. The number of hydrogen-bond acceptors (Lipinski definition) is 3. The minimum absolute atomic E-state index is 0. The zero-order chi connectivity index (χ0) is 13.8. The first-order chi connectivity index (χ1) is 9.08. The number of benzene rings is 1. The summed E-state index contributed by atoms with van der Waals surface area (Å²) in [6.45, 7) is 4.41. The number of hydrogen-bond donors (Lipinski definition) is 2. The molecule has 0 saturated carbocycles. The first-order valence-electron chi connectivity index (χ1n) is 6.55. The van der Waals surface area contributed by atoms with Crippen molar-refractivity contribution in [3.8, 4) is 0 Å². The number of para-hydroxylation sites is 1. The molecule has 1 aromatic heterocycles. The van der Waals surface area contributed by atoms with Crippen molar-refractivity contribution in [2.45, 2.75) is 26.3 Å². The van der Waals surface area contributed by atoms with Crippen LogP contribution in [-0.4, -0.2) is 23.6 Å². The van der Waals surface area contributed by atoms with Gasteiger partial charge >= 0.3 is 5.97 Å². The minimum atomic E-state index is -0.613. The van der Waals surface area contributed by atoms with Crippen LogP contribution < -0.4 is 5.73 Å². The fourth-order valence-electron chi connectivity index (χ4n) is 1.98. The molecule has 110 valence electrons. The van der Waals surface area contributed by atoms with E-state index in [9.17, 15) is 4.79 Å². The molecule has 0 aliphatic carbocycles. The van der Waals surface area contributed by atoms with Gasteiger partial charge in [-0.25, -0.2) is 0 Å². The van der Waals surface area contributed by atoms with Crippen LogP contribution >= 0.6 is 12.4 Å². The maximum Gasteiger partial charge on any atom is 0.323 e.